The van der Waals surface area contributed by atoms with Crippen molar-refractivity contribution in [3.05, 3.63) is 74.3 Å². The number of carbonyl (C=O) groups is 4. The molecule has 1 saturated heterocycles. The van der Waals surface area contributed by atoms with E-state index in [-0.39, 0.29) is 59.6 Å². The van der Waals surface area contributed by atoms with E-state index in [0.717, 1.165) is 15.8 Å². The van der Waals surface area contributed by atoms with Crippen LogP contribution in [0.1, 0.15) is 142 Å². The Hall–Kier alpha value is -2.84. The molecule has 0 unspecified atom stereocenters. The molecule has 1 N–H and O–H groups in total. The number of hydrogen-bond donors (Lipinski definition) is 1. The molecule has 2 aromatic rings. The van der Waals surface area contributed by atoms with Gasteiger partial charge in [-0.25, -0.2) is 4.98 Å². The summed E-state index contributed by atoms with van der Waals surface area (Å²) in [5.74, 6) is -0.956. The summed E-state index contributed by atoms with van der Waals surface area (Å²) in [4.78, 5) is 62.4. The summed E-state index contributed by atoms with van der Waals surface area (Å²) in [6, 6.07) is 6.82. The number of hydrogen-bond acceptors (Lipinski definition) is 10. The summed E-state index contributed by atoms with van der Waals surface area (Å²) in [6.45, 7) is 31.1. The second-order valence-corrected chi connectivity index (χ2v) is 47.0. The van der Waals surface area contributed by atoms with Gasteiger partial charge in [-0.2, -0.15) is 0 Å². The minimum absolute atomic E-state index is 0.0475. The summed E-state index contributed by atoms with van der Waals surface area (Å²) in [6.07, 6.45) is 14.9. The van der Waals surface area contributed by atoms with Crippen LogP contribution < -0.4 is 15.4 Å². The van der Waals surface area contributed by atoms with E-state index in [4.69, 9.17) is 28.0 Å². The number of carbonyl (C=O) groups excluding carboxylic acids is 4. The van der Waals surface area contributed by atoms with Crippen molar-refractivity contribution in [2.45, 2.75) is 202 Å². The monoisotopic (exact) mass is 1220 g/mol. The van der Waals surface area contributed by atoms with E-state index >= 15 is 0 Å². The van der Waals surface area contributed by atoms with E-state index in [1.807, 2.05) is 51.1 Å². The van der Waals surface area contributed by atoms with Crippen molar-refractivity contribution in [2.24, 2.45) is 11.8 Å². The topological polar surface area (TPSA) is 146 Å². The fraction of sp³-hybridized carbons (Fsp3) is 0.667. The number of Topliss-reactive ketones (excluding diaryl/α,β-unsaturated/α-hetero) is 1. The van der Waals surface area contributed by atoms with E-state index in [1.54, 1.807) is 24.2 Å². The van der Waals surface area contributed by atoms with Crippen LogP contribution in [0.25, 0.3) is 0 Å². The SMILES string of the molecule is CCC[CH2][Sn](/[CH]=C/CNC(=O)/C=C/[C@@H](C)[C@H](OC(=O)[C@H]1CCCN1C(=O)c1nc(CC(=O)C[C@@H](/C=C(\C)Br)O[Si](C)(C)C(C)(C)C)oc1[Si](C)(C)C)[C@H](C)COCc1ccc(OC)cc1)([CH2]CCC)[CH2]CCC. The van der Waals surface area contributed by atoms with Gasteiger partial charge < -0.3 is 18.5 Å². The van der Waals surface area contributed by atoms with Gasteiger partial charge in [-0.1, -0.05) is 68.5 Å². The fourth-order valence-electron chi connectivity index (χ4n) is 9.12. The molecule has 16 heteroatoms. The Labute approximate surface area is 455 Å². The van der Waals surface area contributed by atoms with Crippen LogP contribution in [0.4, 0.5) is 0 Å². The molecule has 1 aliphatic rings. The molecule has 1 aliphatic heterocycles. The Morgan fingerprint density at radius 3 is 2.14 bits per heavy atom. The number of benzene rings is 1. The molecule has 0 saturated carbocycles. The van der Waals surface area contributed by atoms with Crippen LogP contribution in [-0.2, 0) is 41.3 Å². The molecule has 2 heterocycles. The quantitative estimate of drug-likeness (QED) is 0.0427. The molecular weight excluding hydrogens is 1130 g/mol. The van der Waals surface area contributed by atoms with Gasteiger partial charge in [0.2, 0.25) is 5.89 Å². The van der Waals surface area contributed by atoms with Gasteiger partial charge in [-0.3, -0.25) is 9.59 Å². The Morgan fingerprint density at radius 1 is 0.973 bits per heavy atom. The summed E-state index contributed by atoms with van der Waals surface area (Å²) in [5, 5.41) is 3.52. The Balaban J connectivity index is 1.85. The zero-order valence-corrected chi connectivity index (χ0v) is 54.0. The average molecular weight is 1220 g/mol. The number of ketones is 1. The van der Waals surface area contributed by atoms with Gasteiger partial charge in [0, 0.05) is 13.0 Å². The molecule has 73 heavy (non-hydrogen) atoms. The number of aromatic nitrogens is 1. The first-order valence-corrected chi connectivity index (χ1v) is 42.1. The van der Waals surface area contributed by atoms with Gasteiger partial charge in [-0.05, 0) is 66.2 Å². The molecule has 1 aromatic carbocycles. The Bertz CT molecular complexity index is 2120. The van der Waals surface area contributed by atoms with Crippen molar-refractivity contribution in [1.82, 2.24) is 15.2 Å². The third-order valence-electron chi connectivity index (χ3n) is 14.4. The number of likely N-dealkylation sites (tertiary alicyclic amines) is 1. The molecule has 0 radical (unpaired) electrons. The number of nitrogens with zero attached hydrogens (tertiary/aromatic N) is 2. The molecule has 0 aliphatic carbocycles. The van der Waals surface area contributed by atoms with Crippen LogP contribution in [0.2, 0.25) is 51.1 Å². The number of oxazole rings is 1. The number of ether oxygens (including phenoxy) is 3. The number of unbranched alkanes of at least 4 members (excludes halogenated alkanes) is 3. The van der Waals surface area contributed by atoms with Gasteiger partial charge in [0.25, 0.3) is 5.91 Å². The van der Waals surface area contributed by atoms with Crippen molar-refractivity contribution in [1.29, 1.82) is 0 Å². The molecule has 0 spiro atoms. The Kier molecular flexibility index (Phi) is 27.2. The third-order valence-corrected chi connectivity index (χ3v) is 35.1. The second kappa shape index (κ2) is 30.8. The number of esters is 1. The number of allylic oxidation sites excluding steroid dienone is 1. The minimum atomic E-state index is -2.49. The van der Waals surface area contributed by atoms with Crippen LogP contribution >= 0.6 is 15.9 Å². The molecule has 1 aromatic heterocycles. The first kappa shape index (κ1) is 64.5. The number of nitrogens with one attached hydrogen (secondary N) is 1. The molecule has 2 amide bonds. The third kappa shape index (κ3) is 21.3. The van der Waals surface area contributed by atoms with Gasteiger partial charge in [0.15, 0.2) is 14.0 Å². The predicted molar refractivity (Wildman–Crippen MR) is 309 cm³/mol. The molecule has 410 valence electrons. The number of halogens is 1. The zero-order valence-electron chi connectivity index (χ0n) is 47.6. The molecule has 1 fully saturated rings. The summed E-state index contributed by atoms with van der Waals surface area (Å²) < 4.78 is 38.5. The average Bonchev–Trinajstić information content (AvgIpc) is 3.99. The molecule has 5 atom stereocenters. The normalized spacial score (nSPS) is 16.7. The van der Waals surface area contributed by atoms with E-state index in [9.17, 15) is 19.2 Å². The number of methoxy groups -OCH3 is 1. The molecule has 3 rings (SSSR count). The fourth-order valence-corrected chi connectivity index (χ4v) is 26.4. The standard InChI is InChI=1S/C45H67BrN3O9Si2.3C4H9.Sn/c1-14-23-47-38(51)22-17-30(2)41(31(3)28-55-29-33-18-20-35(54-8)21-19-33)57-43(53)37-16-15-24-49(37)42(52)40-44(59(9,10)11)56-39(48-40)27-34(50)26-36(25-32(4)46)58-60(12,13)45(5,6)7;3*1-3-4-2;/h1,14,17-22,25,30-31,36-37,41H,15-16,23-24,26-29H2,2-13H3,(H,47,51);3*1,3-4H2,2H3;/b14-1?,22-17+,32-25+;;;;/t30-,31-,36-,37-,41+;;;;/m1..../s1. The second-order valence-electron chi connectivity index (χ2n) is 23.1. The molecule has 0 bridgehead atoms. The van der Waals surface area contributed by atoms with E-state index in [1.165, 1.54) is 51.8 Å². The molecule has 12 nitrogen and oxygen atoms in total. The summed E-state index contributed by atoms with van der Waals surface area (Å²) in [5.41, 5.74) is 1.13. The van der Waals surface area contributed by atoms with Crippen molar-refractivity contribution in [2.75, 3.05) is 26.8 Å². The van der Waals surface area contributed by atoms with Crippen LogP contribution in [0.5, 0.6) is 5.75 Å². The maximum absolute atomic E-state index is 14.6. The first-order chi connectivity index (χ1) is 34.3. The van der Waals surface area contributed by atoms with Crippen LogP contribution in [0.15, 0.2) is 61.6 Å². The predicted octanol–water partition coefficient (Wildman–Crippen LogP) is 13.0. The van der Waals surface area contributed by atoms with Crippen LogP contribution in [0, 0.1) is 11.8 Å². The van der Waals surface area contributed by atoms with Crippen LogP contribution in [-0.4, -0.2) is 113 Å². The van der Waals surface area contributed by atoms with Gasteiger partial charge >= 0.3 is 201 Å². The van der Waals surface area contributed by atoms with Crippen molar-refractivity contribution in [3.8, 4) is 5.75 Å². The molecular formula is C57H94BrN3O9Si2Sn. The number of amides is 2. The van der Waals surface area contributed by atoms with Gasteiger partial charge in [-0.15, -0.1) is 0 Å². The summed E-state index contributed by atoms with van der Waals surface area (Å²) in [7, 11) is -2.91. The zero-order chi connectivity index (χ0) is 54.6. The Morgan fingerprint density at radius 2 is 1.59 bits per heavy atom. The van der Waals surface area contributed by atoms with E-state index in [0.29, 0.717) is 37.9 Å². The van der Waals surface area contributed by atoms with Crippen molar-refractivity contribution < 1.29 is 42.2 Å². The van der Waals surface area contributed by atoms with Crippen LogP contribution in [0.3, 0.4) is 0 Å². The van der Waals surface area contributed by atoms with Crippen molar-refractivity contribution in [3.63, 3.8) is 0 Å². The van der Waals surface area contributed by atoms with Gasteiger partial charge in [0.1, 0.15) is 25.0 Å². The van der Waals surface area contributed by atoms with Crippen molar-refractivity contribution >= 4 is 79.6 Å². The first-order valence-electron chi connectivity index (χ1n) is 27.2. The van der Waals surface area contributed by atoms with E-state index < -0.39 is 64.9 Å². The van der Waals surface area contributed by atoms with Gasteiger partial charge in [0.05, 0.1) is 26.2 Å². The number of rotatable bonds is 32. The maximum atomic E-state index is 14.6. The summed E-state index contributed by atoms with van der Waals surface area (Å²) >= 11 is 1.05. The van der Waals surface area contributed by atoms with E-state index in [2.05, 4.69) is 106 Å².